The molecule has 0 saturated heterocycles. The number of hydrogen-bond donors (Lipinski definition) is 1. The number of benzene rings is 1. The van der Waals surface area contributed by atoms with Crippen LogP contribution in [0.5, 0.6) is 0 Å². The van der Waals surface area contributed by atoms with Gasteiger partial charge in [-0.2, -0.15) is 0 Å². The van der Waals surface area contributed by atoms with Gasteiger partial charge in [0.05, 0.1) is 16.8 Å². The van der Waals surface area contributed by atoms with E-state index in [9.17, 15) is 13.5 Å². The first-order valence-corrected chi connectivity index (χ1v) is 8.53. The molecule has 1 aliphatic rings. The molecule has 0 aromatic heterocycles. The molecular weight excluding hydrogens is 260 g/mol. The molecule has 1 aromatic rings. The molecule has 19 heavy (non-hydrogen) atoms. The molecule has 1 saturated carbocycles. The first kappa shape index (κ1) is 14.5. The lowest BCUT2D eigenvalue weighted by atomic mass is 10.0. The maximum Gasteiger partial charge on any atom is 0.180 e. The van der Waals surface area contributed by atoms with Gasteiger partial charge in [0.1, 0.15) is 0 Å². The highest BCUT2D eigenvalue weighted by Gasteiger charge is 2.28. The minimum atomic E-state index is -3.39. The molecule has 1 aromatic carbocycles. The number of aliphatic hydroxyl groups excluding tert-OH is 1. The Hall–Kier alpha value is -0.870. The Morgan fingerprint density at radius 2 is 1.84 bits per heavy atom. The van der Waals surface area contributed by atoms with E-state index in [1.54, 1.807) is 12.1 Å². The summed E-state index contributed by atoms with van der Waals surface area (Å²) in [7, 11) is -3.39. The second-order valence-electron chi connectivity index (χ2n) is 5.64. The van der Waals surface area contributed by atoms with Gasteiger partial charge < -0.3 is 5.11 Å². The fourth-order valence-corrected chi connectivity index (χ4v) is 4.25. The van der Waals surface area contributed by atoms with Crippen LogP contribution < -0.4 is 0 Å². The summed E-state index contributed by atoms with van der Waals surface area (Å²) in [5.74, 6) is 0.00139. The standard InChI is InChI=1S/C15H22O3S/c1-11-7-8-14(9-12(11)2)19(17,18)10-15(16)13-5-3-4-6-13/h7-9,13,15-16H,3-6,10H2,1-2H3. The Bertz CT molecular complexity index is 543. The number of rotatable bonds is 4. The van der Waals surface area contributed by atoms with E-state index in [1.165, 1.54) is 0 Å². The van der Waals surface area contributed by atoms with Crippen molar-refractivity contribution >= 4 is 9.84 Å². The van der Waals surface area contributed by atoms with Gasteiger partial charge in [-0.1, -0.05) is 18.9 Å². The molecule has 1 N–H and O–H groups in total. The van der Waals surface area contributed by atoms with Crippen molar-refractivity contribution in [3.05, 3.63) is 29.3 Å². The maximum absolute atomic E-state index is 12.3. The van der Waals surface area contributed by atoms with Crippen LogP contribution in [0.1, 0.15) is 36.8 Å². The monoisotopic (exact) mass is 282 g/mol. The molecule has 0 spiro atoms. The molecule has 4 heteroatoms. The largest absolute Gasteiger partial charge is 0.392 e. The van der Waals surface area contributed by atoms with Gasteiger partial charge in [0.25, 0.3) is 0 Å². The summed E-state index contributed by atoms with van der Waals surface area (Å²) in [6.45, 7) is 3.86. The molecule has 2 rings (SSSR count). The minimum absolute atomic E-state index is 0.153. The molecule has 0 radical (unpaired) electrons. The predicted octanol–water partition coefficient (Wildman–Crippen LogP) is 2.63. The third kappa shape index (κ3) is 3.37. The quantitative estimate of drug-likeness (QED) is 0.923. The van der Waals surface area contributed by atoms with Crippen LogP contribution in [0, 0.1) is 19.8 Å². The number of aliphatic hydroxyl groups is 1. The number of aryl methyl sites for hydroxylation is 2. The van der Waals surface area contributed by atoms with Crippen molar-refractivity contribution in [2.24, 2.45) is 5.92 Å². The van der Waals surface area contributed by atoms with Crippen molar-refractivity contribution in [2.45, 2.75) is 50.5 Å². The molecule has 106 valence electrons. The third-order valence-corrected chi connectivity index (χ3v) is 5.92. The SMILES string of the molecule is Cc1ccc(S(=O)(=O)CC(O)C2CCCC2)cc1C. The lowest BCUT2D eigenvalue weighted by Crippen LogP contribution is -2.27. The normalized spacial score (nSPS) is 18.7. The van der Waals surface area contributed by atoms with Gasteiger partial charge in [-0.25, -0.2) is 8.42 Å². The van der Waals surface area contributed by atoms with Crippen molar-refractivity contribution in [1.82, 2.24) is 0 Å². The first-order valence-electron chi connectivity index (χ1n) is 6.88. The van der Waals surface area contributed by atoms with Crippen molar-refractivity contribution in [3.63, 3.8) is 0 Å². The average molecular weight is 282 g/mol. The van der Waals surface area contributed by atoms with E-state index in [-0.39, 0.29) is 11.7 Å². The van der Waals surface area contributed by atoms with E-state index in [1.807, 2.05) is 19.9 Å². The molecule has 0 amide bonds. The van der Waals surface area contributed by atoms with Crippen LogP contribution in [0.2, 0.25) is 0 Å². The Morgan fingerprint density at radius 1 is 1.21 bits per heavy atom. The van der Waals surface area contributed by atoms with Crippen LogP contribution in [0.4, 0.5) is 0 Å². The molecule has 1 fully saturated rings. The van der Waals surface area contributed by atoms with Gasteiger partial charge in [-0.15, -0.1) is 0 Å². The Labute approximate surface area is 115 Å². The average Bonchev–Trinajstić information content (AvgIpc) is 2.85. The van der Waals surface area contributed by atoms with Crippen LogP contribution in [0.15, 0.2) is 23.1 Å². The fraction of sp³-hybridized carbons (Fsp3) is 0.600. The maximum atomic E-state index is 12.3. The molecule has 0 bridgehead atoms. The summed E-state index contributed by atoms with van der Waals surface area (Å²) < 4.78 is 24.6. The van der Waals surface area contributed by atoms with Gasteiger partial charge in [0.15, 0.2) is 9.84 Å². The smallest absolute Gasteiger partial charge is 0.180 e. The van der Waals surface area contributed by atoms with Crippen molar-refractivity contribution in [1.29, 1.82) is 0 Å². The highest BCUT2D eigenvalue weighted by molar-refractivity contribution is 7.91. The third-order valence-electron chi connectivity index (χ3n) is 4.17. The van der Waals surface area contributed by atoms with Crippen molar-refractivity contribution < 1.29 is 13.5 Å². The number of hydrogen-bond acceptors (Lipinski definition) is 3. The van der Waals surface area contributed by atoms with E-state index >= 15 is 0 Å². The summed E-state index contributed by atoms with van der Waals surface area (Å²) >= 11 is 0. The van der Waals surface area contributed by atoms with Gasteiger partial charge in [0.2, 0.25) is 0 Å². The van der Waals surface area contributed by atoms with Crippen molar-refractivity contribution in [2.75, 3.05) is 5.75 Å². The molecule has 1 atom stereocenters. The predicted molar refractivity (Wildman–Crippen MR) is 75.9 cm³/mol. The molecule has 3 nitrogen and oxygen atoms in total. The van der Waals surface area contributed by atoms with Gasteiger partial charge in [-0.3, -0.25) is 0 Å². The zero-order valence-corrected chi connectivity index (χ0v) is 12.4. The Kier molecular flexibility index (Phi) is 4.31. The minimum Gasteiger partial charge on any atom is -0.392 e. The second kappa shape index (κ2) is 5.63. The fourth-order valence-electron chi connectivity index (χ4n) is 2.71. The van der Waals surface area contributed by atoms with Crippen LogP contribution in [0.3, 0.4) is 0 Å². The van der Waals surface area contributed by atoms with E-state index < -0.39 is 15.9 Å². The lowest BCUT2D eigenvalue weighted by Gasteiger charge is -2.17. The zero-order valence-electron chi connectivity index (χ0n) is 11.6. The Morgan fingerprint density at radius 3 is 2.42 bits per heavy atom. The first-order chi connectivity index (χ1) is 8.90. The molecular formula is C15H22O3S. The summed E-state index contributed by atoms with van der Waals surface area (Å²) in [4.78, 5) is 0.327. The van der Waals surface area contributed by atoms with Crippen LogP contribution >= 0.6 is 0 Å². The lowest BCUT2D eigenvalue weighted by molar-refractivity contribution is 0.131. The topological polar surface area (TPSA) is 54.4 Å². The highest BCUT2D eigenvalue weighted by atomic mass is 32.2. The van der Waals surface area contributed by atoms with E-state index in [2.05, 4.69) is 0 Å². The van der Waals surface area contributed by atoms with Crippen LogP contribution in [-0.4, -0.2) is 25.4 Å². The highest BCUT2D eigenvalue weighted by Crippen LogP contribution is 2.29. The molecule has 0 aliphatic heterocycles. The van der Waals surface area contributed by atoms with Gasteiger partial charge in [-0.05, 0) is 55.9 Å². The molecule has 1 aliphatic carbocycles. The van der Waals surface area contributed by atoms with E-state index in [4.69, 9.17) is 0 Å². The van der Waals surface area contributed by atoms with Gasteiger partial charge >= 0.3 is 0 Å². The van der Waals surface area contributed by atoms with Crippen molar-refractivity contribution in [3.8, 4) is 0 Å². The van der Waals surface area contributed by atoms with Crippen LogP contribution in [0.25, 0.3) is 0 Å². The summed E-state index contributed by atoms with van der Waals surface area (Å²) in [5.41, 5.74) is 2.05. The zero-order chi connectivity index (χ0) is 14.0. The number of sulfone groups is 1. The Balaban J connectivity index is 2.15. The van der Waals surface area contributed by atoms with Gasteiger partial charge in [0, 0.05) is 0 Å². The molecule has 0 heterocycles. The summed E-state index contributed by atoms with van der Waals surface area (Å²) in [6, 6.07) is 5.16. The van der Waals surface area contributed by atoms with E-state index in [0.717, 1.165) is 36.8 Å². The summed E-state index contributed by atoms with van der Waals surface area (Å²) in [6.07, 6.45) is 3.37. The van der Waals surface area contributed by atoms with Crippen LogP contribution in [-0.2, 0) is 9.84 Å². The molecule has 1 unspecified atom stereocenters. The van der Waals surface area contributed by atoms with E-state index in [0.29, 0.717) is 4.90 Å². The second-order valence-corrected chi connectivity index (χ2v) is 7.67. The summed E-state index contributed by atoms with van der Waals surface area (Å²) in [5, 5.41) is 10.1.